The Hall–Kier alpha value is -2.88. The van der Waals surface area contributed by atoms with Crippen LogP contribution in [-0.4, -0.2) is 62.9 Å². The molecule has 2 N–H and O–H groups in total. The van der Waals surface area contributed by atoms with Gasteiger partial charge in [0.25, 0.3) is 0 Å². The maximum atomic E-state index is 5.25. The van der Waals surface area contributed by atoms with Crippen molar-refractivity contribution in [2.24, 2.45) is 5.92 Å². The Kier molecular flexibility index (Phi) is 6.38. The van der Waals surface area contributed by atoms with Crippen molar-refractivity contribution >= 4 is 0 Å². The lowest BCUT2D eigenvalue weighted by Crippen LogP contribution is -2.46. The molecule has 1 aromatic carbocycles. The van der Waals surface area contributed by atoms with Gasteiger partial charge in [0.1, 0.15) is 5.75 Å². The van der Waals surface area contributed by atoms with Gasteiger partial charge in [-0.15, -0.1) is 5.10 Å². The highest BCUT2D eigenvalue weighted by molar-refractivity contribution is 5.27. The summed E-state index contributed by atoms with van der Waals surface area (Å²) in [6.07, 6.45) is 6.20. The zero-order valence-corrected chi connectivity index (χ0v) is 18.4. The van der Waals surface area contributed by atoms with Gasteiger partial charge in [-0.25, -0.2) is 4.68 Å². The first-order valence-electron chi connectivity index (χ1n) is 11.3. The lowest BCUT2D eigenvalue weighted by Gasteiger charge is -2.37. The van der Waals surface area contributed by atoms with Gasteiger partial charge in [0.05, 0.1) is 20.2 Å². The smallest absolute Gasteiger partial charge is 0.165 e. The SMILES string of the molecule is COc1ccc(Cn2nnnc2CN2CCCC(C3NNCC3c3ccncc3)C2)cc1. The summed E-state index contributed by atoms with van der Waals surface area (Å²) >= 11 is 0. The van der Waals surface area contributed by atoms with Crippen LogP contribution in [0.2, 0.25) is 0 Å². The topological polar surface area (TPSA) is 93.0 Å². The first-order chi connectivity index (χ1) is 15.8. The number of benzene rings is 1. The lowest BCUT2D eigenvalue weighted by atomic mass is 9.81. The predicted octanol–water partition coefficient (Wildman–Crippen LogP) is 1.60. The van der Waals surface area contributed by atoms with E-state index in [1.165, 1.54) is 18.4 Å². The molecule has 2 fully saturated rings. The number of aromatic nitrogens is 5. The van der Waals surface area contributed by atoms with Crippen LogP contribution in [0.5, 0.6) is 5.75 Å². The van der Waals surface area contributed by atoms with Crippen LogP contribution in [0.3, 0.4) is 0 Å². The molecular formula is C23H30N8O. The number of nitrogens with one attached hydrogen (secondary N) is 2. The third-order valence-electron chi connectivity index (χ3n) is 6.67. The molecule has 2 aromatic heterocycles. The van der Waals surface area contributed by atoms with Crippen LogP contribution < -0.4 is 15.6 Å². The molecule has 0 radical (unpaired) electrons. The monoisotopic (exact) mass is 434 g/mol. The Morgan fingerprint density at radius 3 is 2.75 bits per heavy atom. The Morgan fingerprint density at radius 2 is 1.94 bits per heavy atom. The number of pyridine rings is 1. The Bertz CT molecular complexity index is 993. The van der Waals surface area contributed by atoms with Crippen LogP contribution in [0, 0.1) is 5.92 Å². The maximum Gasteiger partial charge on any atom is 0.165 e. The normalized spacial score (nSPS) is 24.0. The second-order valence-electron chi connectivity index (χ2n) is 8.68. The van der Waals surface area contributed by atoms with E-state index in [0.29, 0.717) is 24.4 Å². The average Bonchev–Trinajstić information content (AvgIpc) is 3.50. The van der Waals surface area contributed by atoms with Crippen molar-refractivity contribution < 1.29 is 4.74 Å². The number of rotatable bonds is 7. The number of likely N-dealkylation sites (tertiary alicyclic amines) is 1. The number of ether oxygens (including phenoxy) is 1. The van der Waals surface area contributed by atoms with Crippen molar-refractivity contribution in [1.82, 2.24) is 40.9 Å². The summed E-state index contributed by atoms with van der Waals surface area (Å²) in [6.45, 7) is 4.48. The number of hydrazine groups is 1. The molecule has 3 aromatic rings. The molecule has 9 heteroatoms. The summed E-state index contributed by atoms with van der Waals surface area (Å²) in [5.41, 5.74) is 9.44. The highest BCUT2D eigenvalue weighted by Gasteiger charge is 2.36. The van der Waals surface area contributed by atoms with Gasteiger partial charge in [0.2, 0.25) is 0 Å². The fourth-order valence-corrected chi connectivity index (χ4v) is 4.99. The van der Waals surface area contributed by atoms with E-state index < -0.39 is 0 Å². The first-order valence-corrected chi connectivity index (χ1v) is 11.3. The summed E-state index contributed by atoms with van der Waals surface area (Å²) in [6, 6.07) is 12.7. The standard InChI is InChI=1S/C23H30N8O/c1-32-20-6-4-17(5-7-20)14-31-22(26-28-29-31)16-30-12-2-3-19(15-30)23-21(13-25-27-23)18-8-10-24-11-9-18/h4-11,19,21,23,25,27H,2-3,12-16H2,1H3. The van der Waals surface area contributed by atoms with E-state index in [0.717, 1.165) is 43.3 Å². The predicted molar refractivity (Wildman–Crippen MR) is 120 cm³/mol. The molecule has 4 heterocycles. The average molecular weight is 435 g/mol. The van der Waals surface area contributed by atoms with Crippen LogP contribution in [-0.2, 0) is 13.1 Å². The third-order valence-corrected chi connectivity index (χ3v) is 6.67. The molecule has 9 nitrogen and oxygen atoms in total. The molecule has 0 aliphatic carbocycles. The zero-order chi connectivity index (χ0) is 21.8. The van der Waals surface area contributed by atoms with Gasteiger partial charge in [0.15, 0.2) is 5.82 Å². The van der Waals surface area contributed by atoms with Crippen LogP contribution >= 0.6 is 0 Å². The summed E-state index contributed by atoms with van der Waals surface area (Å²) in [5.74, 6) is 2.79. The number of piperidine rings is 1. The van der Waals surface area contributed by atoms with Crippen molar-refractivity contribution in [3.8, 4) is 5.75 Å². The fourth-order valence-electron chi connectivity index (χ4n) is 4.99. The van der Waals surface area contributed by atoms with Crippen molar-refractivity contribution in [3.63, 3.8) is 0 Å². The molecule has 2 saturated heterocycles. The highest BCUT2D eigenvalue weighted by Crippen LogP contribution is 2.31. The summed E-state index contributed by atoms with van der Waals surface area (Å²) < 4.78 is 7.15. The number of nitrogens with zero attached hydrogens (tertiary/aromatic N) is 6. The summed E-state index contributed by atoms with van der Waals surface area (Å²) in [4.78, 5) is 6.67. The van der Waals surface area contributed by atoms with E-state index >= 15 is 0 Å². The minimum Gasteiger partial charge on any atom is -0.497 e. The van der Waals surface area contributed by atoms with Gasteiger partial charge in [-0.3, -0.25) is 20.7 Å². The first kappa shape index (κ1) is 21.0. The quantitative estimate of drug-likeness (QED) is 0.579. The van der Waals surface area contributed by atoms with E-state index in [2.05, 4.69) is 60.5 Å². The summed E-state index contributed by atoms with van der Waals surface area (Å²) in [7, 11) is 1.68. The van der Waals surface area contributed by atoms with Gasteiger partial charge >= 0.3 is 0 Å². The molecule has 3 unspecified atom stereocenters. The molecule has 0 saturated carbocycles. The van der Waals surface area contributed by atoms with Gasteiger partial charge in [-0.05, 0) is 71.1 Å². The second kappa shape index (κ2) is 9.72. The molecule has 0 bridgehead atoms. The molecular weight excluding hydrogens is 404 g/mol. The Morgan fingerprint density at radius 1 is 1.09 bits per heavy atom. The molecule has 3 atom stereocenters. The number of tetrazole rings is 1. The molecule has 0 spiro atoms. The number of hydrogen-bond acceptors (Lipinski definition) is 8. The van der Waals surface area contributed by atoms with Crippen LogP contribution in [0.4, 0.5) is 0 Å². The van der Waals surface area contributed by atoms with Gasteiger partial charge < -0.3 is 4.74 Å². The van der Waals surface area contributed by atoms with Crippen molar-refractivity contribution in [3.05, 3.63) is 65.7 Å². The molecule has 2 aliphatic rings. The largest absolute Gasteiger partial charge is 0.497 e. The molecule has 5 rings (SSSR count). The highest BCUT2D eigenvalue weighted by atomic mass is 16.5. The van der Waals surface area contributed by atoms with E-state index in [4.69, 9.17) is 4.74 Å². The maximum absolute atomic E-state index is 5.25. The zero-order valence-electron chi connectivity index (χ0n) is 18.4. The molecule has 2 aliphatic heterocycles. The van der Waals surface area contributed by atoms with E-state index in [9.17, 15) is 0 Å². The van der Waals surface area contributed by atoms with Crippen LogP contribution in [0.15, 0.2) is 48.8 Å². The Balaban J connectivity index is 1.23. The van der Waals surface area contributed by atoms with Crippen molar-refractivity contribution in [2.75, 3.05) is 26.7 Å². The van der Waals surface area contributed by atoms with Gasteiger partial charge in [-0.1, -0.05) is 12.1 Å². The van der Waals surface area contributed by atoms with Gasteiger partial charge in [0, 0.05) is 37.4 Å². The van der Waals surface area contributed by atoms with Gasteiger partial charge in [-0.2, -0.15) is 0 Å². The lowest BCUT2D eigenvalue weighted by molar-refractivity contribution is 0.135. The van der Waals surface area contributed by atoms with Crippen molar-refractivity contribution in [2.45, 2.75) is 37.9 Å². The van der Waals surface area contributed by atoms with E-state index in [-0.39, 0.29) is 0 Å². The minimum absolute atomic E-state index is 0.412. The molecule has 32 heavy (non-hydrogen) atoms. The molecule has 0 amide bonds. The van der Waals surface area contributed by atoms with E-state index in [1.54, 1.807) is 7.11 Å². The van der Waals surface area contributed by atoms with E-state index in [1.807, 2.05) is 29.2 Å². The second-order valence-corrected chi connectivity index (χ2v) is 8.68. The molecule has 168 valence electrons. The summed E-state index contributed by atoms with van der Waals surface area (Å²) in [5, 5.41) is 12.5. The fraction of sp³-hybridized carbons (Fsp3) is 0.478. The minimum atomic E-state index is 0.412. The number of methoxy groups -OCH3 is 1. The van der Waals surface area contributed by atoms with Crippen molar-refractivity contribution in [1.29, 1.82) is 0 Å². The Labute approximate surface area is 188 Å². The van der Waals surface area contributed by atoms with Crippen LogP contribution in [0.1, 0.15) is 35.7 Å². The van der Waals surface area contributed by atoms with Crippen LogP contribution in [0.25, 0.3) is 0 Å². The number of hydrogen-bond donors (Lipinski definition) is 2. The third kappa shape index (κ3) is 4.64.